The standard InChI is InChI=1S/C13H14F2N2O/c1-8-2-5-13(18-8)12(17-16)7-9-3-4-10(14)11(15)6-9/h2-6,12,17H,7,16H2,1H3. The summed E-state index contributed by atoms with van der Waals surface area (Å²) in [5, 5.41) is 0. The lowest BCUT2D eigenvalue weighted by molar-refractivity contribution is 0.402. The van der Waals surface area contributed by atoms with Gasteiger partial charge in [0.2, 0.25) is 0 Å². The van der Waals surface area contributed by atoms with Crippen molar-refractivity contribution < 1.29 is 13.2 Å². The van der Waals surface area contributed by atoms with Gasteiger partial charge in [0.05, 0.1) is 6.04 Å². The molecule has 3 nitrogen and oxygen atoms in total. The summed E-state index contributed by atoms with van der Waals surface area (Å²) in [4.78, 5) is 0. The van der Waals surface area contributed by atoms with Crippen LogP contribution in [0, 0.1) is 18.6 Å². The Balaban J connectivity index is 2.17. The first-order chi connectivity index (χ1) is 8.60. The Hall–Kier alpha value is -1.72. The van der Waals surface area contributed by atoms with Crippen LogP contribution in [0.3, 0.4) is 0 Å². The Bertz CT molecular complexity index is 540. The van der Waals surface area contributed by atoms with Gasteiger partial charge in [0, 0.05) is 0 Å². The molecule has 1 aromatic carbocycles. The van der Waals surface area contributed by atoms with Gasteiger partial charge in [-0.1, -0.05) is 6.07 Å². The molecule has 2 aromatic rings. The number of hydrogen-bond donors (Lipinski definition) is 2. The van der Waals surface area contributed by atoms with E-state index in [1.165, 1.54) is 6.07 Å². The van der Waals surface area contributed by atoms with E-state index >= 15 is 0 Å². The molecule has 0 bridgehead atoms. The summed E-state index contributed by atoms with van der Waals surface area (Å²) in [5.41, 5.74) is 3.25. The van der Waals surface area contributed by atoms with Crippen molar-refractivity contribution in [3.63, 3.8) is 0 Å². The number of hydrogen-bond acceptors (Lipinski definition) is 3. The molecule has 0 saturated heterocycles. The van der Waals surface area contributed by atoms with E-state index in [2.05, 4.69) is 5.43 Å². The normalized spacial score (nSPS) is 12.7. The molecule has 0 fully saturated rings. The summed E-state index contributed by atoms with van der Waals surface area (Å²) in [6, 6.07) is 7.15. The summed E-state index contributed by atoms with van der Waals surface area (Å²) in [7, 11) is 0. The lowest BCUT2D eigenvalue weighted by Gasteiger charge is -2.13. The minimum absolute atomic E-state index is 0.274. The smallest absolute Gasteiger partial charge is 0.159 e. The first-order valence-corrected chi connectivity index (χ1v) is 5.56. The van der Waals surface area contributed by atoms with E-state index in [9.17, 15) is 8.78 Å². The molecule has 0 radical (unpaired) electrons. The molecule has 0 saturated carbocycles. The van der Waals surface area contributed by atoms with Crippen LogP contribution in [-0.2, 0) is 6.42 Å². The first-order valence-electron chi connectivity index (χ1n) is 5.56. The fourth-order valence-electron chi connectivity index (χ4n) is 1.78. The summed E-state index contributed by atoms with van der Waals surface area (Å²) < 4.78 is 31.4. The van der Waals surface area contributed by atoms with Gasteiger partial charge >= 0.3 is 0 Å². The quantitative estimate of drug-likeness (QED) is 0.649. The van der Waals surface area contributed by atoms with Crippen LogP contribution in [0.2, 0.25) is 0 Å². The van der Waals surface area contributed by atoms with Gasteiger partial charge in [0.1, 0.15) is 11.5 Å². The molecule has 1 aromatic heterocycles. The molecule has 3 N–H and O–H groups in total. The third kappa shape index (κ3) is 2.75. The predicted molar refractivity (Wildman–Crippen MR) is 63.6 cm³/mol. The lowest BCUT2D eigenvalue weighted by Crippen LogP contribution is -2.29. The maximum Gasteiger partial charge on any atom is 0.159 e. The highest BCUT2D eigenvalue weighted by atomic mass is 19.2. The monoisotopic (exact) mass is 252 g/mol. The molecule has 2 rings (SSSR count). The number of rotatable bonds is 4. The van der Waals surface area contributed by atoms with E-state index in [1.807, 2.05) is 13.0 Å². The van der Waals surface area contributed by atoms with E-state index in [-0.39, 0.29) is 6.04 Å². The van der Waals surface area contributed by atoms with Crippen molar-refractivity contribution in [1.82, 2.24) is 5.43 Å². The molecule has 0 aliphatic heterocycles. The van der Waals surface area contributed by atoms with Crippen LogP contribution < -0.4 is 11.3 Å². The van der Waals surface area contributed by atoms with Crippen LogP contribution >= 0.6 is 0 Å². The second-order valence-corrected chi connectivity index (χ2v) is 4.12. The Morgan fingerprint density at radius 2 is 2.00 bits per heavy atom. The topological polar surface area (TPSA) is 51.2 Å². The van der Waals surface area contributed by atoms with Gasteiger partial charge in [-0.15, -0.1) is 0 Å². The van der Waals surface area contributed by atoms with Gasteiger partial charge in [-0.2, -0.15) is 0 Å². The highest BCUT2D eigenvalue weighted by Crippen LogP contribution is 2.21. The van der Waals surface area contributed by atoms with Gasteiger partial charge in [0.25, 0.3) is 0 Å². The molecule has 0 spiro atoms. The van der Waals surface area contributed by atoms with E-state index in [4.69, 9.17) is 10.3 Å². The summed E-state index contributed by atoms with van der Waals surface area (Å²) in [5.74, 6) is 5.17. The summed E-state index contributed by atoms with van der Waals surface area (Å²) in [6.07, 6.45) is 0.417. The minimum atomic E-state index is -0.862. The van der Waals surface area contributed by atoms with Gasteiger partial charge in [-0.25, -0.2) is 14.2 Å². The second-order valence-electron chi connectivity index (χ2n) is 4.12. The number of nitrogens with two attached hydrogens (primary N) is 1. The SMILES string of the molecule is Cc1ccc(C(Cc2ccc(F)c(F)c2)NN)o1. The largest absolute Gasteiger partial charge is 0.465 e. The molecule has 0 aliphatic carbocycles. The van der Waals surface area contributed by atoms with Crippen molar-refractivity contribution in [2.45, 2.75) is 19.4 Å². The number of aryl methyl sites for hydroxylation is 1. The third-order valence-electron chi connectivity index (χ3n) is 2.73. The zero-order valence-electron chi connectivity index (χ0n) is 9.91. The minimum Gasteiger partial charge on any atom is -0.465 e. The Kier molecular flexibility index (Phi) is 3.74. The van der Waals surface area contributed by atoms with Gasteiger partial charge in [0.15, 0.2) is 11.6 Å². The fraction of sp³-hybridized carbons (Fsp3) is 0.231. The molecule has 0 aliphatic rings. The number of benzene rings is 1. The lowest BCUT2D eigenvalue weighted by atomic mass is 10.0. The number of nitrogens with one attached hydrogen (secondary N) is 1. The van der Waals surface area contributed by atoms with Crippen LogP contribution in [0.25, 0.3) is 0 Å². The van der Waals surface area contributed by atoms with E-state index in [1.54, 1.807) is 6.07 Å². The number of hydrazine groups is 1. The molecular weight excluding hydrogens is 238 g/mol. The Morgan fingerprint density at radius 3 is 2.56 bits per heavy atom. The fourth-order valence-corrected chi connectivity index (χ4v) is 1.78. The average Bonchev–Trinajstić information content (AvgIpc) is 2.77. The zero-order valence-corrected chi connectivity index (χ0v) is 9.91. The van der Waals surface area contributed by atoms with Crippen LogP contribution in [0.5, 0.6) is 0 Å². The second kappa shape index (κ2) is 5.29. The highest BCUT2D eigenvalue weighted by molar-refractivity contribution is 5.21. The number of furan rings is 1. The van der Waals surface area contributed by atoms with Crippen LogP contribution in [-0.4, -0.2) is 0 Å². The molecule has 1 unspecified atom stereocenters. The van der Waals surface area contributed by atoms with Crippen molar-refractivity contribution >= 4 is 0 Å². The zero-order chi connectivity index (χ0) is 13.1. The van der Waals surface area contributed by atoms with Gasteiger partial charge in [-0.3, -0.25) is 5.84 Å². The van der Waals surface area contributed by atoms with E-state index in [0.29, 0.717) is 17.7 Å². The van der Waals surface area contributed by atoms with Gasteiger partial charge in [-0.05, 0) is 43.2 Å². The Morgan fingerprint density at radius 1 is 1.22 bits per heavy atom. The number of halogens is 2. The average molecular weight is 252 g/mol. The van der Waals surface area contributed by atoms with Crippen molar-refractivity contribution in [3.05, 3.63) is 59.1 Å². The van der Waals surface area contributed by atoms with E-state index < -0.39 is 11.6 Å². The maximum absolute atomic E-state index is 13.1. The van der Waals surface area contributed by atoms with Gasteiger partial charge < -0.3 is 4.42 Å². The predicted octanol–water partition coefficient (Wildman–Crippen LogP) is 2.61. The molecule has 0 amide bonds. The molecular formula is C13H14F2N2O. The summed E-state index contributed by atoms with van der Waals surface area (Å²) in [6.45, 7) is 1.83. The maximum atomic E-state index is 13.1. The Labute approximate surface area is 104 Å². The molecule has 96 valence electrons. The molecule has 1 atom stereocenters. The first kappa shape index (κ1) is 12.7. The highest BCUT2D eigenvalue weighted by Gasteiger charge is 2.15. The third-order valence-corrected chi connectivity index (χ3v) is 2.73. The molecule has 1 heterocycles. The van der Waals surface area contributed by atoms with Crippen molar-refractivity contribution in [2.24, 2.45) is 5.84 Å². The summed E-state index contributed by atoms with van der Waals surface area (Å²) >= 11 is 0. The van der Waals surface area contributed by atoms with Crippen molar-refractivity contribution in [1.29, 1.82) is 0 Å². The van der Waals surface area contributed by atoms with Crippen LogP contribution in [0.1, 0.15) is 23.1 Å². The van der Waals surface area contributed by atoms with Crippen molar-refractivity contribution in [2.75, 3.05) is 0 Å². The molecule has 18 heavy (non-hydrogen) atoms. The van der Waals surface area contributed by atoms with E-state index in [0.717, 1.165) is 17.9 Å². The van der Waals surface area contributed by atoms with Crippen LogP contribution in [0.4, 0.5) is 8.78 Å². The molecule has 5 heteroatoms. The van der Waals surface area contributed by atoms with Crippen molar-refractivity contribution in [3.8, 4) is 0 Å². The van der Waals surface area contributed by atoms with Crippen LogP contribution in [0.15, 0.2) is 34.7 Å².